The predicted octanol–water partition coefficient (Wildman–Crippen LogP) is 4.32. The highest BCUT2D eigenvalue weighted by atomic mass is 16.5. The summed E-state index contributed by atoms with van der Waals surface area (Å²) in [7, 11) is 4.77. The Morgan fingerprint density at radius 2 is 1.79 bits per heavy atom. The lowest BCUT2D eigenvalue weighted by Crippen LogP contribution is -2.28. The standard InChI is InChI=1S/C22H24N2O4/c1-25-19-11-16(12-20(26-2)21(19)27-3)22-23-17(14-28-22)13-24-10-6-8-15-7-4-5-9-18(15)24/h4-5,7,9,11-12,14H,6,8,10,13H2,1-3H3. The van der Waals surface area contributed by atoms with Crippen molar-refractivity contribution in [3.05, 3.63) is 53.9 Å². The third-order valence-corrected chi connectivity index (χ3v) is 5.02. The summed E-state index contributed by atoms with van der Waals surface area (Å²) in [6.07, 6.45) is 3.99. The summed E-state index contributed by atoms with van der Waals surface area (Å²) < 4.78 is 22.0. The molecule has 0 saturated heterocycles. The number of ether oxygens (including phenoxy) is 3. The molecule has 4 rings (SSSR count). The van der Waals surface area contributed by atoms with Gasteiger partial charge >= 0.3 is 0 Å². The maximum atomic E-state index is 5.76. The Balaban J connectivity index is 1.61. The maximum absolute atomic E-state index is 5.76. The Morgan fingerprint density at radius 3 is 2.50 bits per heavy atom. The summed E-state index contributed by atoms with van der Waals surface area (Å²) in [5, 5.41) is 0. The topological polar surface area (TPSA) is 57.0 Å². The number of para-hydroxylation sites is 1. The van der Waals surface area contributed by atoms with Crippen LogP contribution in [0.4, 0.5) is 5.69 Å². The normalized spacial score (nSPS) is 13.2. The molecule has 28 heavy (non-hydrogen) atoms. The van der Waals surface area contributed by atoms with Gasteiger partial charge in [0.15, 0.2) is 11.5 Å². The number of hydrogen-bond donors (Lipinski definition) is 0. The van der Waals surface area contributed by atoms with Crippen molar-refractivity contribution < 1.29 is 18.6 Å². The van der Waals surface area contributed by atoms with E-state index in [-0.39, 0.29) is 0 Å². The maximum Gasteiger partial charge on any atom is 0.226 e. The van der Waals surface area contributed by atoms with Crippen molar-refractivity contribution in [2.75, 3.05) is 32.8 Å². The van der Waals surface area contributed by atoms with E-state index in [4.69, 9.17) is 23.6 Å². The van der Waals surface area contributed by atoms with E-state index in [1.165, 1.54) is 11.3 Å². The first-order valence-corrected chi connectivity index (χ1v) is 9.31. The van der Waals surface area contributed by atoms with Crippen molar-refractivity contribution in [2.24, 2.45) is 0 Å². The number of aromatic nitrogens is 1. The minimum Gasteiger partial charge on any atom is -0.493 e. The van der Waals surface area contributed by atoms with Crippen LogP contribution in [0.5, 0.6) is 17.2 Å². The van der Waals surface area contributed by atoms with Gasteiger partial charge in [0.25, 0.3) is 0 Å². The molecule has 0 amide bonds. The summed E-state index contributed by atoms with van der Waals surface area (Å²) in [5.41, 5.74) is 4.34. The molecule has 1 aromatic heterocycles. The number of fused-ring (bicyclic) bond motifs is 1. The largest absolute Gasteiger partial charge is 0.493 e. The second-order valence-corrected chi connectivity index (χ2v) is 6.71. The number of aryl methyl sites for hydroxylation is 1. The average Bonchev–Trinajstić information content (AvgIpc) is 3.21. The van der Waals surface area contributed by atoms with Crippen LogP contribution in [-0.4, -0.2) is 32.9 Å². The Morgan fingerprint density at radius 1 is 1.04 bits per heavy atom. The lowest BCUT2D eigenvalue weighted by molar-refractivity contribution is 0.324. The SMILES string of the molecule is COc1cc(-c2nc(CN3CCCc4ccccc43)co2)cc(OC)c1OC. The highest BCUT2D eigenvalue weighted by Gasteiger charge is 2.20. The van der Waals surface area contributed by atoms with Gasteiger partial charge in [0.1, 0.15) is 6.26 Å². The van der Waals surface area contributed by atoms with Crippen LogP contribution >= 0.6 is 0 Å². The van der Waals surface area contributed by atoms with E-state index in [2.05, 4.69) is 29.2 Å². The van der Waals surface area contributed by atoms with Gasteiger partial charge in [-0.05, 0) is 36.6 Å². The van der Waals surface area contributed by atoms with Crippen LogP contribution in [0.25, 0.3) is 11.5 Å². The van der Waals surface area contributed by atoms with Gasteiger partial charge in [-0.25, -0.2) is 4.98 Å². The first kappa shape index (κ1) is 18.2. The molecule has 0 saturated carbocycles. The molecular weight excluding hydrogens is 356 g/mol. The molecule has 3 aromatic rings. The fourth-order valence-electron chi connectivity index (χ4n) is 3.69. The van der Waals surface area contributed by atoms with Crippen molar-refractivity contribution in [3.63, 3.8) is 0 Å². The molecule has 1 aliphatic rings. The second kappa shape index (κ2) is 7.84. The van der Waals surface area contributed by atoms with Crippen LogP contribution in [0.15, 0.2) is 47.1 Å². The highest BCUT2D eigenvalue weighted by Crippen LogP contribution is 2.41. The lowest BCUT2D eigenvalue weighted by atomic mass is 10.0. The number of hydrogen-bond acceptors (Lipinski definition) is 6. The highest BCUT2D eigenvalue weighted by molar-refractivity contribution is 5.66. The zero-order valence-electron chi connectivity index (χ0n) is 16.4. The summed E-state index contributed by atoms with van der Waals surface area (Å²) in [5.74, 6) is 2.22. The molecule has 0 aliphatic carbocycles. The molecule has 1 aliphatic heterocycles. The van der Waals surface area contributed by atoms with Crippen molar-refractivity contribution in [2.45, 2.75) is 19.4 Å². The molecule has 2 heterocycles. The molecule has 0 spiro atoms. The van der Waals surface area contributed by atoms with Crippen LogP contribution in [-0.2, 0) is 13.0 Å². The van der Waals surface area contributed by atoms with Gasteiger partial charge in [0, 0.05) is 17.8 Å². The van der Waals surface area contributed by atoms with Gasteiger partial charge in [-0.3, -0.25) is 0 Å². The van der Waals surface area contributed by atoms with Crippen molar-refractivity contribution in [1.82, 2.24) is 4.98 Å². The first-order valence-electron chi connectivity index (χ1n) is 9.31. The van der Waals surface area contributed by atoms with Gasteiger partial charge in [-0.2, -0.15) is 0 Å². The number of nitrogens with zero attached hydrogens (tertiary/aromatic N) is 2. The Bertz CT molecular complexity index is 942. The Labute approximate surface area is 164 Å². The van der Waals surface area contributed by atoms with Crippen LogP contribution in [0.1, 0.15) is 17.7 Å². The predicted molar refractivity (Wildman–Crippen MR) is 107 cm³/mol. The quantitative estimate of drug-likeness (QED) is 0.635. The van der Waals surface area contributed by atoms with Crippen LogP contribution in [0.3, 0.4) is 0 Å². The first-order chi connectivity index (χ1) is 13.7. The lowest BCUT2D eigenvalue weighted by Gasteiger charge is -2.30. The molecule has 2 aromatic carbocycles. The number of rotatable bonds is 6. The van der Waals surface area contributed by atoms with Crippen LogP contribution in [0.2, 0.25) is 0 Å². The molecule has 0 atom stereocenters. The van der Waals surface area contributed by atoms with Crippen molar-refractivity contribution in [1.29, 1.82) is 0 Å². The van der Waals surface area contributed by atoms with Crippen LogP contribution < -0.4 is 19.1 Å². The fraction of sp³-hybridized carbons (Fsp3) is 0.318. The average molecular weight is 380 g/mol. The van der Waals surface area contributed by atoms with Gasteiger partial charge in [0.2, 0.25) is 11.6 Å². The minimum atomic E-state index is 0.527. The Kier molecular flexibility index (Phi) is 5.10. The van der Waals surface area contributed by atoms with E-state index in [9.17, 15) is 0 Å². The summed E-state index contributed by atoms with van der Waals surface area (Å²) in [4.78, 5) is 7.05. The van der Waals surface area contributed by atoms with Gasteiger partial charge in [-0.1, -0.05) is 18.2 Å². The van der Waals surface area contributed by atoms with E-state index in [1.807, 2.05) is 12.1 Å². The van der Waals surface area contributed by atoms with E-state index < -0.39 is 0 Å². The minimum absolute atomic E-state index is 0.527. The molecule has 0 radical (unpaired) electrons. The fourth-order valence-corrected chi connectivity index (χ4v) is 3.69. The van der Waals surface area contributed by atoms with E-state index in [0.29, 0.717) is 29.7 Å². The number of benzene rings is 2. The zero-order chi connectivity index (χ0) is 19.5. The Hall–Kier alpha value is -3.15. The monoisotopic (exact) mass is 380 g/mol. The molecule has 0 bridgehead atoms. The van der Waals surface area contributed by atoms with Crippen molar-refractivity contribution >= 4 is 5.69 Å². The summed E-state index contributed by atoms with van der Waals surface area (Å²) >= 11 is 0. The van der Waals surface area contributed by atoms with E-state index >= 15 is 0 Å². The molecule has 0 N–H and O–H groups in total. The third-order valence-electron chi connectivity index (χ3n) is 5.02. The molecule has 6 heteroatoms. The second-order valence-electron chi connectivity index (χ2n) is 6.71. The molecule has 6 nitrogen and oxygen atoms in total. The molecular formula is C22H24N2O4. The number of oxazole rings is 1. The van der Waals surface area contributed by atoms with Gasteiger partial charge < -0.3 is 23.5 Å². The number of methoxy groups -OCH3 is 3. The smallest absolute Gasteiger partial charge is 0.226 e. The molecule has 146 valence electrons. The van der Waals surface area contributed by atoms with Gasteiger partial charge in [-0.15, -0.1) is 0 Å². The zero-order valence-corrected chi connectivity index (χ0v) is 16.4. The van der Waals surface area contributed by atoms with Gasteiger partial charge in [0.05, 0.1) is 33.6 Å². The van der Waals surface area contributed by atoms with Crippen LogP contribution in [0, 0.1) is 0 Å². The number of anilines is 1. The molecule has 0 fully saturated rings. The van der Waals surface area contributed by atoms with E-state index in [1.54, 1.807) is 27.6 Å². The summed E-state index contributed by atoms with van der Waals surface area (Å²) in [6.45, 7) is 1.73. The van der Waals surface area contributed by atoms with E-state index in [0.717, 1.165) is 30.6 Å². The third kappa shape index (κ3) is 3.38. The summed E-state index contributed by atoms with van der Waals surface area (Å²) in [6, 6.07) is 12.2. The van der Waals surface area contributed by atoms with Crippen molar-refractivity contribution in [3.8, 4) is 28.7 Å². The molecule has 0 unspecified atom stereocenters.